The first-order chi connectivity index (χ1) is 29.6. The molecule has 2 aliphatic rings. The van der Waals surface area contributed by atoms with Crippen molar-refractivity contribution in [2.45, 2.75) is 98.8 Å². The topological polar surface area (TPSA) is 199 Å². The van der Waals surface area contributed by atoms with Crippen LogP contribution in [0.3, 0.4) is 0 Å². The van der Waals surface area contributed by atoms with E-state index in [0.717, 1.165) is 32.7 Å². The van der Waals surface area contributed by atoms with Gasteiger partial charge in [-0.2, -0.15) is 0 Å². The second-order valence-corrected chi connectivity index (χ2v) is 20.3. The number of carbonyl (C=O) groups excluding carboxylic acids is 6. The molecule has 6 atom stereocenters. The maximum absolute atomic E-state index is 13.6. The monoisotopic (exact) mass is 882 g/mol. The van der Waals surface area contributed by atoms with Gasteiger partial charge in [0.1, 0.15) is 24.2 Å². The fourth-order valence-corrected chi connectivity index (χ4v) is 10.9. The third-order valence-corrected chi connectivity index (χ3v) is 14.0. The highest BCUT2D eigenvalue weighted by molar-refractivity contribution is 8.01. The van der Waals surface area contributed by atoms with Crippen LogP contribution in [-0.4, -0.2) is 106 Å². The van der Waals surface area contributed by atoms with E-state index in [9.17, 15) is 28.8 Å². The van der Waals surface area contributed by atoms with Crippen molar-refractivity contribution >= 4 is 80.5 Å². The molecule has 6 amide bonds. The van der Waals surface area contributed by atoms with Crippen molar-refractivity contribution < 1.29 is 28.8 Å². The molecule has 0 spiro atoms. The molecule has 2 aliphatic heterocycles. The Morgan fingerprint density at radius 1 is 0.548 bits per heavy atom. The fourth-order valence-electron chi connectivity index (χ4n) is 7.92. The summed E-state index contributed by atoms with van der Waals surface area (Å²) >= 11 is 2.81. The Kier molecular flexibility index (Phi) is 15.2. The molecule has 0 aliphatic carbocycles. The standard InChI is InChI=1S/C46H58N8O6S2/c1-7-47-39(57)35(51-33(55)25-27-17-19-29-13-9-11-15-31(29)23-27)43-53-37(45(3,4)61-43)41(59)49-21-22-50-42(60)38-46(5,6)62-44(54-38)36(40(58)48-8-2)52-34(56)26-28-18-20-30-14-10-12-16-32(30)24-28/h9-20,23-24,35-38,43-44,53-54H,7-8,21-22,25-26H2,1-6H3,(H,47,57)(H,48,58)(H,49,59)(H,50,60)(H,51,55)(H,52,56)/t35-,36-,37+,38+,43-,44-/m1/s1. The SMILES string of the molecule is CCNC(=O)[C@@H](NC(=O)Cc1ccc2ccccc2c1)[C@@H]1N[C@@H](C(=O)NCCNC(=O)[C@@H]2N[C@@H]([C@H](NC(=O)Cc3ccc4ccccc4c3)C(=O)NCC)SC2(C)C)C(C)(C)S1. The van der Waals surface area contributed by atoms with Crippen molar-refractivity contribution in [3.63, 3.8) is 0 Å². The molecule has 14 nitrogen and oxygen atoms in total. The van der Waals surface area contributed by atoms with Crippen LogP contribution in [0.1, 0.15) is 52.7 Å². The number of hydrogen-bond acceptors (Lipinski definition) is 10. The average Bonchev–Trinajstić information content (AvgIpc) is 3.74. The number of benzene rings is 4. The lowest BCUT2D eigenvalue weighted by molar-refractivity contribution is -0.129. The van der Waals surface area contributed by atoms with Gasteiger partial charge in [0.15, 0.2) is 0 Å². The summed E-state index contributed by atoms with van der Waals surface area (Å²) < 4.78 is -1.30. The van der Waals surface area contributed by atoms with Crippen LogP contribution in [0.25, 0.3) is 21.5 Å². The Morgan fingerprint density at radius 2 is 0.919 bits per heavy atom. The number of carbonyl (C=O) groups is 6. The van der Waals surface area contributed by atoms with Crippen LogP contribution in [0.2, 0.25) is 0 Å². The number of rotatable bonds is 17. The number of fused-ring (bicyclic) bond motifs is 2. The van der Waals surface area contributed by atoms with Crippen LogP contribution in [0.5, 0.6) is 0 Å². The molecule has 6 rings (SSSR count). The van der Waals surface area contributed by atoms with Crippen molar-refractivity contribution in [2.24, 2.45) is 0 Å². The molecule has 8 N–H and O–H groups in total. The lowest BCUT2D eigenvalue weighted by Crippen LogP contribution is -2.59. The maximum atomic E-state index is 13.6. The molecule has 0 aromatic heterocycles. The van der Waals surface area contributed by atoms with Crippen molar-refractivity contribution in [1.29, 1.82) is 0 Å². The van der Waals surface area contributed by atoms with Gasteiger partial charge in [0.25, 0.3) is 0 Å². The van der Waals surface area contributed by atoms with Crippen molar-refractivity contribution in [1.82, 2.24) is 42.5 Å². The molecule has 4 aromatic carbocycles. The molecule has 2 heterocycles. The van der Waals surface area contributed by atoms with Gasteiger partial charge in [-0.25, -0.2) is 0 Å². The second-order valence-electron chi connectivity index (χ2n) is 16.7. The van der Waals surface area contributed by atoms with Crippen LogP contribution in [0.4, 0.5) is 0 Å². The van der Waals surface area contributed by atoms with E-state index in [0.29, 0.717) is 13.1 Å². The molecule has 2 saturated heterocycles. The van der Waals surface area contributed by atoms with E-state index in [1.54, 1.807) is 13.8 Å². The van der Waals surface area contributed by atoms with Crippen LogP contribution in [0.15, 0.2) is 84.9 Å². The summed E-state index contributed by atoms with van der Waals surface area (Å²) in [5, 5.41) is 26.9. The first-order valence-corrected chi connectivity index (χ1v) is 22.9. The van der Waals surface area contributed by atoms with E-state index in [1.807, 2.05) is 113 Å². The number of nitrogens with one attached hydrogen (secondary N) is 8. The number of likely N-dealkylation sites (N-methyl/N-ethyl adjacent to an activating group) is 2. The number of amides is 6. The van der Waals surface area contributed by atoms with Gasteiger partial charge in [-0.3, -0.25) is 39.4 Å². The Balaban J connectivity index is 1.01. The molecule has 330 valence electrons. The molecule has 0 saturated carbocycles. The third-order valence-electron chi connectivity index (χ3n) is 11.0. The zero-order chi connectivity index (χ0) is 44.6. The van der Waals surface area contributed by atoms with E-state index in [2.05, 4.69) is 42.5 Å². The molecule has 0 unspecified atom stereocenters. The summed E-state index contributed by atoms with van der Waals surface area (Å²) in [6.07, 6.45) is 0.171. The van der Waals surface area contributed by atoms with E-state index in [-0.39, 0.29) is 61.4 Å². The highest BCUT2D eigenvalue weighted by atomic mass is 32.2. The van der Waals surface area contributed by atoms with Gasteiger partial charge in [-0.15, -0.1) is 23.5 Å². The van der Waals surface area contributed by atoms with Crippen LogP contribution >= 0.6 is 23.5 Å². The minimum atomic E-state index is -0.946. The normalized spacial score (nSPS) is 21.1. The first-order valence-electron chi connectivity index (χ1n) is 21.1. The largest absolute Gasteiger partial charge is 0.355 e. The summed E-state index contributed by atoms with van der Waals surface area (Å²) in [6, 6.07) is 24.2. The average molecular weight is 883 g/mol. The van der Waals surface area contributed by atoms with E-state index >= 15 is 0 Å². The minimum Gasteiger partial charge on any atom is -0.355 e. The molecule has 4 aromatic rings. The predicted molar refractivity (Wildman–Crippen MR) is 247 cm³/mol. The van der Waals surface area contributed by atoms with Gasteiger partial charge in [-0.05, 0) is 74.2 Å². The van der Waals surface area contributed by atoms with Crippen molar-refractivity contribution in [2.75, 3.05) is 26.2 Å². The zero-order valence-electron chi connectivity index (χ0n) is 36.1. The molecule has 16 heteroatoms. The van der Waals surface area contributed by atoms with Gasteiger partial charge in [0.05, 0.1) is 23.6 Å². The summed E-state index contributed by atoms with van der Waals surface area (Å²) in [4.78, 5) is 80.5. The summed E-state index contributed by atoms with van der Waals surface area (Å²) in [5.74, 6) is -1.95. The summed E-state index contributed by atoms with van der Waals surface area (Å²) in [5.41, 5.74) is 1.64. The maximum Gasteiger partial charge on any atom is 0.245 e. The Bertz CT molecular complexity index is 2150. The number of hydrogen-bond donors (Lipinski definition) is 8. The van der Waals surface area contributed by atoms with Gasteiger partial charge < -0.3 is 31.9 Å². The van der Waals surface area contributed by atoms with Crippen molar-refractivity contribution in [3.8, 4) is 0 Å². The Morgan fingerprint density at radius 3 is 1.29 bits per heavy atom. The van der Waals surface area contributed by atoms with Gasteiger partial charge in [0.2, 0.25) is 35.4 Å². The van der Waals surface area contributed by atoms with E-state index in [1.165, 1.54) is 23.5 Å². The first kappa shape index (κ1) is 46.3. The lowest BCUT2D eigenvalue weighted by atomic mass is 10.0. The molecular weight excluding hydrogens is 825 g/mol. The third kappa shape index (κ3) is 11.4. The van der Waals surface area contributed by atoms with Crippen LogP contribution < -0.4 is 42.5 Å². The molecular formula is C46H58N8O6S2. The van der Waals surface area contributed by atoms with E-state index < -0.39 is 44.4 Å². The molecule has 0 bridgehead atoms. The number of thioether (sulfide) groups is 2. The minimum absolute atomic E-state index is 0.0854. The summed E-state index contributed by atoms with van der Waals surface area (Å²) in [6.45, 7) is 12.2. The van der Waals surface area contributed by atoms with Crippen LogP contribution in [0, 0.1) is 0 Å². The van der Waals surface area contributed by atoms with Gasteiger partial charge >= 0.3 is 0 Å². The molecule has 2 fully saturated rings. The summed E-state index contributed by atoms with van der Waals surface area (Å²) in [7, 11) is 0. The zero-order valence-corrected chi connectivity index (χ0v) is 37.7. The Labute approximate surface area is 371 Å². The molecule has 0 radical (unpaired) electrons. The highest BCUT2D eigenvalue weighted by Gasteiger charge is 2.50. The van der Waals surface area contributed by atoms with Gasteiger partial charge in [0, 0.05) is 35.7 Å². The lowest BCUT2D eigenvalue weighted by Gasteiger charge is -2.25. The van der Waals surface area contributed by atoms with Gasteiger partial charge in [-0.1, -0.05) is 84.9 Å². The van der Waals surface area contributed by atoms with E-state index in [4.69, 9.17) is 0 Å². The van der Waals surface area contributed by atoms with Crippen LogP contribution in [-0.2, 0) is 41.6 Å². The fraction of sp³-hybridized carbons (Fsp3) is 0.435. The quantitative estimate of drug-likeness (QED) is 0.0731. The molecule has 62 heavy (non-hydrogen) atoms. The second kappa shape index (κ2) is 20.4. The smallest absolute Gasteiger partial charge is 0.245 e. The Hall–Kier alpha value is -5.16. The van der Waals surface area contributed by atoms with Crippen molar-refractivity contribution in [3.05, 3.63) is 96.1 Å². The highest BCUT2D eigenvalue weighted by Crippen LogP contribution is 2.40. The predicted octanol–water partition coefficient (Wildman–Crippen LogP) is 2.87.